The van der Waals surface area contributed by atoms with E-state index in [9.17, 15) is 13.2 Å². The van der Waals surface area contributed by atoms with Gasteiger partial charge in [0.2, 0.25) is 0 Å². The molecule has 4 rings (SSSR count). The largest absolute Gasteiger partial charge is 0.424 e. The number of nitrogens with two attached hydrogens (primary N) is 1. The zero-order valence-electron chi connectivity index (χ0n) is 16.7. The Morgan fingerprint density at radius 2 is 1.91 bits per heavy atom. The molecule has 164 valence electrons. The fraction of sp³-hybridized carbons (Fsp3) is 0.0952. The lowest BCUT2D eigenvalue weighted by molar-refractivity contribution is 0.440. The van der Waals surface area contributed by atoms with Gasteiger partial charge in [0, 0.05) is 35.8 Å². The van der Waals surface area contributed by atoms with E-state index in [-0.39, 0.29) is 23.1 Å². The molecule has 0 aliphatic heterocycles. The first-order chi connectivity index (χ1) is 15.2. The lowest BCUT2D eigenvalue weighted by atomic mass is 9.99. The Morgan fingerprint density at radius 3 is 2.62 bits per heavy atom. The normalized spacial score (nSPS) is 11.5. The molecule has 32 heavy (non-hydrogen) atoms. The molecular formula is C21H17ClN4O5S. The summed E-state index contributed by atoms with van der Waals surface area (Å²) in [5.74, 6) is 0.420. The number of ether oxygens (including phenoxy) is 1. The van der Waals surface area contributed by atoms with Crippen molar-refractivity contribution in [3.63, 3.8) is 0 Å². The van der Waals surface area contributed by atoms with Gasteiger partial charge in [0.25, 0.3) is 10.2 Å². The van der Waals surface area contributed by atoms with Crippen LogP contribution in [0.4, 0.5) is 5.69 Å². The molecule has 3 N–H and O–H groups in total. The van der Waals surface area contributed by atoms with E-state index in [1.165, 1.54) is 6.07 Å². The van der Waals surface area contributed by atoms with E-state index in [1.807, 2.05) is 0 Å². The number of nitrogens with zero attached hydrogens (tertiary/aromatic N) is 2. The molecule has 0 radical (unpaired) electrons. The Labute approximate surface area is 188 Å². The maximum atomic E-state index is 12.7. The predicted octanol–water partition coefficient (Wildman–Crippen LogP) is 3.54. The highest BCUT2D eigenvalue weighted by molar-refractivity contribution is 7.90. The predicted molar refractivity (Wildman–Crippen MR) is 120 cm³/mol. The highest BCUT2D eigenvalue weighted by Crippen LogP contribution is 2.30. The number of aryl methyl sites for hydroxylation is 1. The van der Waals surface area contributed by atoms with Gasteiger partial charge in [-0.1, -0.05) is 23.7 Å². The van der Waals surface area contributed by atoms with Crippen molar-refractivity contribution in [1.29, 1.82) is 0 Å². The van der Waals surface area contributed by atoms with Crippen LogP contribution in [-0.2, 0) is 16.6 Å². The summed E-state index contributed by atoms with van der Waals surface area (Å²) in [6.07, 6.45) is 3.25. The van der Waals surface area contributed by atoms with Gasteiger partial charge in [-0.05, 0) is 42.3 Å². The van der Waals surface area contributed by atoms with Gasteiger partial charge >= 0.3 is 11.6 Å². The molecule has 0 amide bonds. The van der Waals surface area contributed by atoms with Crippen molar-refractivity contribution in [3.8, 4) is 11.8 Å². The summed E-state index contributed by atoms with van der Waals surface area (Å²) in [7, 11) is -4.00. The fourth-order valence-corrected chi connectivity index (χ4v) is 4.00. The van der Waals surface area contributed by atoms with Crippen LogP contribution in [0.25, 0.3) is 11.0 Å². The van der Waals surface area contributed by atoms with Gasteiger partial charge < -0.3 is 9.15 Å². The first kappa shape index (κ1) is 21.8. The van der Waals surface area contributed by atoms with Gasteiger partial charge in [-0.2, -0.15) is 8.42 Å². The molecule has 11 heteroatoms. The van der Waals surface area contributed by atoms with E-state index < -0.39 is 15.8 Å². The number of hydrogen-bond donors (Lipinski definition) is 2. The van der Waals surface area contributed by atoms with Gasteiger partial charge in [-0.15, -0.1) is 0 Å². The summed E-state index contributed by atoms with van der Waals surface area (Å²) in [6, 6.07) is 11.7. The molecule has 9 nitrogen and oxygen atoms in total. The number of anilines is 1. The molecule has 0 saturated heterocycles. The van der Waals surface area contributed by atoms with Gasteiger partial charge in [-0.3, -0.25) is 4.72 Å². The molecule has 4 aromatic rings. The topological polar surface area (TPSA) is 137 Å². The van der Waals surface area contributed by atoms with Crippen molar-refractivity contribution in [2.24, 2.45) is 5.14 Å². The molecule has 0 atom stereocenters. The Kier molecular flexibility index (Phi) is 5.83. The van der Waals surface area contributed by atoms with Crippen LogP contribution in [0.1, 0.15) is 16.7 Å². The smallest absolute Gasteiger partial charge is 0.340 e. The number of fused-ring (bicyclic) bond motifs is 1. The third kappa shape index (κ3) is 4.72. The van der Waals surface area contributed by atoms with Crippen LogP contribution in [-0.4, -0.2) is 18.4 Å². The van der Waals surface area contributed by atoms with E-state index >= 15 is 0 Å². The number of hydrogen-bond acceptors (Lipinski definition) is 7. The molecule has 0 bridgehead atoms. The van der Waals surface area contributed by atoms with Crippen molar-refractivity contribution < 1.29 is 17.6 Å². The van der Waals surface area contributed by atoms with Crippen LogP contribution >= 0.6 is 11.6 Å². The minimum atomic E-state index is -4.00. The molecular weight excluding hydrogens is 456 g/mol. The van der Waals surface area contributed by atoms with E-state index in [2.05, 4.69) is 14.7 Å². The molecule has 2 heterocycles. The average Bonchev–Trinajstić information content (AvgIpc) is 2.73. The summed E-state index contributed by atoms with van der Waals surface area (Å²) in [6.45, 7) is 1.80. The highest BCUT2D eigenvalue weighted by atomic mass is 35.5. The third-order valence-corrected chi connectivity index (χ3v) is 5.66. The quantitative estimate of drug-likeness (QED) is 0.409. The molecule has 0 aliphatic carbocycles. The van der Waals surface area contributed by atoms with Crippen molar-refractivity contribution in [2.75, 3.05) is 4.72 Å². The lowest BCUT2D eigenvalue weighted by Crippen LogP contribution is -2.22. The van der Waals surface area contributed by atoms with Crippen molar-refractivity contribution >= 4 is 38.5 Å². The first-order valence-electron chi connectivity index (χ1n) is 9.30. The number of nitrogens with one attached hydrogen (secondary N) is 1. The van der Waals surface area contributed by atoms with Crippen LogP contribution in [0, 0.1) is 6.92 Å². The minimum absolute atomic E-state index is 0.124. The third-order valence-electron chi connectivity index (χ3n) is 4.71. The number of rotatable bonds is 6. The molecule has 0 saturated carbocycles. The maximum absolute atomic E-state index is 12.7. The van der Waals surface area contributed by atoms with Crippen LogP contribution in [0.15, 0.2) is 64.1 Å². The van der Waals surface area contributed by atoms with Crippen LogP contribution < -0.4 is 20.2 Å². The second-order valence-corrected chi connectivity index (χ2v) is 8.56. The van der Waals surface area contributed by atoms with E-state index in [1.54, 1.807) is 55.7 Å². The second kappa shape index (κ2) is 8.58. The zero-order chi connectivity index (χ0) is 22.9. The first-order valence-corrected chi connectivity index (χ1v) is 11.2. The van der Waals surface area contributed by atoms with E-state index in [4.69, 9.17) is 25.9 Å². The van der Waals surface area contributed by atoms with Gasteiger partial charge in [0.15, 0.2) is 0 Å². The number of aromatic nitrogens is 2. The van der Waals surface area contributed by atoms with Gasteiger partial charge in [0.1, 0.15) is 11.3 Å². The van der Waals surface area contributed by atoms with Gasteiger partial charge in [-0.25, -0.2) is 19.9 Å². The Balaban J connectivity index is 1.69. The summed E-state index contributed by atoms with van der Waals surface area (Å²) in [5.41, 5.74) is 1.58. The standard InChI is InChI=1S/C21H17ClN4O5S/c1-12-15-7-6-14(30-21-24-8-3-9-25-21)11-18(15)31-20(27)16(12)10-13-4-2-5-17(19(13)22)26-32(23,28)29/h2-9,11,26H,10H2,1H3,(H2,23,28,29). The van der Waals surface area contributed by atoms with Crippen LogP contribution in [0.2, 0.25) is 5.02 Å². The van der Waals surface area contributed by atoms with Gasteiger partial charge in [0.05, 0.1) is 10.7 Å². The molecule has 0 fully saturated rings. The molecule has 2 aromatic heterocycles. The zero-order valence-corrected chi connectivity index (χ0v) is 18.3. The summed E-state index contributed by atoms with van der Waals surface area (Å²) in [4.78, 5) is 20.7. The molecule has 2 aromatic carbocycles. The monoisotopic (exact) mass is 472 g/mol. The van der Waals surface area contributed by atoms with Crippen LogP contribution in [0.3, 0.4) is 0 Å². The molecule has 0 unspecified atom stereocenters. The second-order valence-electron chi connectivity index (χ2n) is 6.89. The number of halogens is 1. The Morgan fingerprint density at radius 1 is 1.16 bits per heavy atom. The minimum Gasteiger partial charge on any atom is -0.424 e. The maximum Gasteiger partial charge on any atom is 0.340 e. The van der Waals surface area contributed by atoms with Crippen LogP contribution in [0.5, 0.6) is 11.8 Å². The van der Waals surface area contributed by atoms with E-state index in [0.717, 1.165) is 5.39 Å². The lowest BCUT2D eigenvalue weighted by Gasteiger charge is -2.12. The average molecular weight is 473 g/mol. The van der Waals surface area contributed by atoms with Crippen molar-refractivity contribution in [1.82, 2.24) is 9.97 Å². The molecule has 0 spiro atoms. The van der Waals surface area contributed by atoms with E-state index in [0.29, 0.717) is 28.0 Å². The SMILES string of the molecule is Cc1c(Cc2cccc(NS(N)(=O)=O)c2Cl)c(=O)oc2cc(Oc3ncccn3)ccc12. The highest BCUT2D eigenvalue weighted by Gasteiger charge is 2.16. The molecule has 0 aliphatic rings. The summed E-state index contributed by atoms with van der Waals surface area (Å²) < 4.78 is 36.0. The summed E-state index contributed by atoms with van der Waals surface area (Å²) >= 11 is 6.34. The Hall–Kier alpha value is -3.47. The fourth-order valence-electron chi connectivity index (χ4n) is 3.22. The van der Waals surface area contributed by atoms with Crippen molar-refractivity contribution in [3.05, 3.63) is 87.0 Å². The summed E-state index contributed by atoms with van der Waals surface area (Å²) in [5, 5.41) is 5.89. The number of benzene rings is 2. The van der Waals surface area contributed by atoms with Crippen molar-refractivity contribution in [2.45, 2.75) is 13.3 Å². The Bertz CT molecular complexity index is 1470.